The van der Waals surface area contributed by atoms with Crippen LogP contribution >= 0.6 is 11.6 Å². The summed E-state index contributed by atoms with van der Waals surface area (Å²) >= 11 is 5.74. The maximum absolute atomic E-state index is 13.4. The summed E-state index contributed by atoms with van der Waals surface area (Å²) in [6, 6.07) is 2.28. The highest BCUT2D eigenvalue weighted by Crippen LogP contribution is 2.27. The lowest BCUT2D eigenvalue weighted by atomic mass is 10.2. The summed E-state index contributed by atoms with van der Waals surface area (Å²) in [6.45, 7) is 9.53. The molecule has 2 amide bonds. The summed E-state index contributed by atoms with van der Waals surface area (Å²) < 4.78 is 29.3. The number of carbonyl (C=O) groups excluding carboxylic acids is 3. The molecule has 0 aliphatic carbocycles. The van der Waals surface area contributed by atoms with Crippen molar-refractivity contribution >= 4 is 30.1 Å². The molecular weight excluding hydrogens is 393 g/mol. The van der Waals surface area contributed by atoms with Crippen LogP contribution in [0.25, 0.3) is 0 Å². The molecule has 0 fully saturated rings. The van der Waals surface area contributed by atoms with E-state index in [0.29, 0.717) is 6.29 Å². The topological polar surface area (TPSA) is 82.1 Å². The van der Waals surface area contributed by atoms with Crippen LogP contribution in [0.2, 0.25) is 5.02 Å². The molecule has 0 saturated heterocycles. The second kappa shape index (κ2) is 9.23. The molecule has 0 radical (unpaired) electrons. The SMILES string of the molecule is CC(C)(C)OC(=O)N(CCOc1ccc(F)c(Cl)c1C=O)C(=O)OC(C)(C)C. The van der Waals surface area contributed by atoms with Crippen molar-refractivity contribution in [3.63, 3.8) is 0 Å². The van der Waals surface area contributed by atoms with Crippen LogP contribution in [0.3, 0.4) is 0 Å². The number of rotatable bonds is 5. The Bertz CT molecular complexity index is 711. The molecule has 156 valence electrons. The molecule has 7 nitrogen and oxygen atoms in total. The monoisotopic (exact) mass is 417 g/mol. The van der Waals surface area contributed by atoms with Gasteiger partial charge in [0.25, 0.3) is 0 Å². The zero-order chi connectivity index (χ0) is 21.7. The number of halogens is 2. The first kappa shape index (κ1) is 23.7. The van der Waals surface area contributed by atoms with Gasteiger partial charge in [0, 0.05) is 0 Å². The highest BCUT2D eigenvalue weighted by atomic mass is 35.5. The van der Waals surface area contributed by atoms with Crippen LogP contribution in [0, 0.1) is 5.82 Å². The van der Waals surface area contributed by atoms with Gasteiger partial charge in [0.2, 0.25) is 0 Å². The molecule has 0 heterocycles. The smallest absolute Gasteiger partial charge is 0.419 e. The van der Waals surface area contributed by atoms with E-state index in [-0.39, 0.29) is 29.5 Å². The van der Waals surface area contributed by atoms with Crippen molar-refractivity contribution < 1.29 is 33.0 Å². The maximum atomic E-state index is 13.4. The van der Waals surface area contributed by atoms with E-state index in [1.54, 1.807) is 41.5 Å². The third-order valence-electron chi connectivity index (χ3n) is 3.01. The Labute approximate surface area is 168 Å². The number of ether oxygens (including phenoxy) is 3. The Balaban J connectivity index is 2.93. The summed E-state index contributed by atoms with van der Waals surface area (Å²) in [4.78, 5) is 36.6. The normalized spacial score (nSPS) is 11.6. The van der Waals surface area contributed by atoms with Gasteiger partial charge in [-0.3, -0.25) is 4.79 Å². The van der Waals surface area contributed by atoms with Crippen LogP contribution in [0.4, 0.5) is 14.0 Å². The zero-order valence-electron chi connectivity index (χ0n) is 16.8. The standard InChI is InChI=1S/C19H25ClFNO6/c1-18(2,3)27-16(24)22(17(25)28-19(4,5)6)9-10-26-14-8-7-13(21)15(20)12(14)11-23/h7-8,11H,9-10H2,1-6H3. The molecular formula is C19H25ClFNO6. The van der Waals surface area contributed by atoms with Crippen molar-refractivity contribution in [2.45, 2.75) is 52.7 Å². The minimum Gasteiger partial charge on any atom is -0.491 e. The second-order valence-corrected chi connectivity index (χ2v) is 8.23. The first-order valence-electron chi connectivity index (χ1n) is 8.54. The lowest BCUT2D eigenvalue weighted by Gasteiger charge is -2.28. The minimum absolute atomic E-state index is 0.0229. The fraction of sp³-hybridized carbons (Fsp3) is 0.526. The first-order valence-corrected chi connectivity index (χ1v) is 8.92. The van der Waals surface area contributed by atoms with Gasteiger partial charge in [0.05, 0.1) is 17.1 Å². The molecule has 0 aliphatic heterocycles. The van der Waals surface area contributed by atoms with Gasteiger partial charge in [-0.2, -0.15) is 0 Å². The predicted molar refractivity (Wildman–Crippen MR) is 101 cm³/mol. The van der Waals surface area contributed by atoms with Crippen molar-refractivity contribution in [1.29, 1.82) is 0 Å². The zero-order valence-corrected chi connectivity index (χ0v) is 17.6. The summed E-state index contributed by atoms with van der Waals surface area (Å²) in [5.74, 6) is -0.741. The lowest BCUT2D eigenvalue weighted by Crippen LogP contribution is -2.45. The van der Waals surface area contributed by atoms with Crippen LogP contribution in [0.5, 0.6) is 5.75 Å². The van der Waals surface area contributed by atoms with Gasteiger partial charge in [0.1, 0.15) is 29.4 Å². The number of hydrogen-bond acceptors (Lipinski definition) is 6. The van der Waals surface area contributed by atoms with Gasteiger partial charge >= 0.3 is 12.2 Å². The molecule has 0 spiro atoms. The molecule has 1 aromatic carbocycles. The molecule has 1 rings (SSSR count). The van der Waals surface area contributed by atoms with E-state index in [9.17, 15) is 18.8 Å². The summed E-state index contributed by atoms with van der Waals surface area (Å²) in [5, 5.41) is -0.372. The molecule has 28 heavy (non-hydrogen) atoms. The number of hydrogen-bond donors (Lipinski definition) is 0. The van der Waals surface area contributed by atoms with E-state index in [0.717, 1.165) is 11.0 Å². The largest absolute Gasteiger partial charge is 0.491 e. The Morgan fingerprint density at radius 2 is 1.57 bits per heavy atom. The van der Waals surface area contributed by atoms with Gasteiger partial charge < -0.3 is 14.2 Å². The third kappa shape index (κ3) is 7.34. The Kier molecular flexibility index (Phi) is 7.81. The van der Waals surface area contributed by atoms with Gasteiger partial charge in [-0.1, -0.05) is 11.6 Å². The molecule has 0 saturated carbocycles. The number of nitrogens with zero attached hydrogens (tertiary/aromatic N) is 1. The van der Waals surface area contributed by atoms with E-state index >= 15 is 0 Å². The average Bonchev–Trinajstić information content (AvgIpc) is 2.51. The molecule has 0 aliphatic rings. The van der Waals surface area contributed by atoms with Gasteiger partial charge in [-0.25, -0.2) is 18.9 Å². The van der Waals surface area contributed by atoms with E-state index in [2.05, 4.69) is 0 Å². The maximum Gasteiger partial charge on any atom is 0.419 e. The van der Waals surface area contributed by atoms with Crippen molar-refractivity contribution in [2.24, 2.45) is 0 Å². The summed E-state index contributed by atoms with van der Waals surface area (Å²) in [6.07, 6.45) is -1.45. The van der Waals surface area contributed by atoms with E-state index in [4.69, 9.17) is 25.8 Å². The number of aldehydes is 1. The Hall–Kier alpha value is -2.35. The Morgan fingerprint density at radius 3 is 2.00 bits per heavy atom. The fourth-order valence-electron chi connectivity index (χ4n) is 1.92. The first-order chi connectivity index (χ1) is 12.7. The van der Waals surface area contributed by atoms with Gasteiger partial charge in [0.15, 0.2) is 6.29 Å². The second-order valence-electron chi connectivity index (χ2n) is 7.85. The van der Waals surface area contributed by atoms with Crippen molar-refractivity contribution in [1.82, 2.24) is 4.90 Å². The Morgan fingerprint density at radius 1 is 1.07 bits per heavy atom. The number of carbonyl (C=O) groups is 3. The number of imide groups is 1. The minimum atomic E-state index is -0.905. The highest BCUT2D eigenvalue weighted by molar-refractivity contribution is 6.33. The molecule has 0 unspecified atom stereocenters. The van der Waals surface area contributed by atoms with Crippen LogP contribution < -0.4 is 4.74 Å². The van der Waals surface area contributed by atoms with Crippen LogP contribution in [0.15, 0.2) is 12.1 Å². The molecule has 0 aromatic heterocycles. The highest BCUT2D eigenvalue weighted by Gasteiger charge is 2.31. The summed E-state index contributed by atoms with van der Waals surface area (Å²) in [5.41, 5.74) is -1.82. The fourth-order valence-corrected chi connectivity index (χ4v) is 2.12. The van der Waals surface area contributed by atoms with Crippen LogP contribution in [-0.4, -0.2) is 47.7 Å². The predicted octanol–water partition coefficient (Wildman–Crippen LogP) is 4.84. The van der Waals surface area contributed by atoms with Crippen LogP contribution in [0.1, 0.15) is 51.9 Å². The van der Waals surface area contributed by atoms with Gasteiger partial charge in [-0.05, 0) is 53.7 Å². The number of amides is 2. The molecule has 0 atom stereocenters. The molecule has 0 N–H and O–H groups in total. The quantitative estimate of drug-likeness (QED) is 0.637. The van der Waals surface area contributed by atoms with E-state index in [1.165, 1.54) is 6.07 Å². The average molecular weight is 418 g/mol. The molecule has 9 heteroatoms. The number of benzene rings is 1. The van der Waals surface area contributed by atoms with E-state index < -0.39 is 29.2 Å². The molecule has 1 aromatic rings. The lowest BCUT2D eigenvalue weighted by molar-refractivity contribution is -0.000713. The molecule has 0 bridgehead atoms. The van der Waals surface area contributed by atoms with Crippen molar-refractivity contribution in [2.75, 3.05) is 13.2 Å². The van der Waals surface area contributed by atoms with E-state index in [1.807, 2.05) is 0 Å². The van der Waals surface area contributed by atoms with Crippen molar-refractivity contribution in [3.8, 4) is 5.75 Å². The third-order valence-corrected chi connectivity index (χ3v) is 3.39. The van der Waals surface area contributed by atoms with Gasteiger partial charge in [-0.15, -0.1) is 0 Å². The van der Waals surface area contributed by atoms with Crippen LogP contribution in [-0.2, 0) is 9.47 Å². The van der Waals surface area contributed by atoms with Crippen molar-refractivity contribution in [3.05, 3.63) is 28.5 Å². The summed E-state index contributed by atoms with van der Waals surface area (Å²) in [7, 11) is 0.